The van der Waals surface area contributed by atoms with E-state index in [1.807, 2.05) is 6.92 Å². The van der Waals surface area contributed by atoms with E-state index in [0.717, 1.165) is 28.7 Å². The van der Waals surface area contributed by atoms with Gasteiger partial charge in [0.25, 0.3) is 5.56 Å². The molecule has 0 saturated carbocycles. The number of nitrogens with zero attached hydrogens (tertiary/aromatic N) is 2. The van der Waals surface area contributed by atoms with Crippen molar-refractivity contribution in [2.45, 2.75) is 91.3 Å². The largest absolute Gasteiger partial charge is 0.480 e. The van der Waals surface area contributed by atoms with Gasteiger partial charge in [-0.25, -0.2) is 9.59 Å². The summed E-state index contributed by atoms with van der Waals surface area (Å²) in [6.07, 6.45) is 4.67. The molecule has 1 amide bonds. The standard InChI is InChI=1S/C22H35N3O7/c1-6-7-8-9-10-16(20(29)30)25(12-11-18(27)32-22(3,4)5)17(26)14-24-13-15(2)19(28)23-21(24)31/h13,16H,6-12,14H2,1-5H3,(H,29,30)(H,23,28,31)/t16-/m0/s1. The van der Waals surface area contributed by atoms with E-state index in [2.05, 4.69) is 4.98 Å². The van der Waals surface area contributed by atoms with Crippen molar-refractivity contribution in [1.82, 2.24) is 14.5 Å². The lowest BCUT2D eigenvalue weighted by Gasteiger charge is -2.30. The number of carbonyl (C=O) groups excluding carboxylic acids is 2. The maximum atomic E-state index is 13.1. The molecule has 1 aromatic heterocycles. The van der Waals surface area contributed by atoms with Crippen LogP contribution in [0, 0.1) is 6.92 Å². The number of nitrogens with one attached hydrogen (secondary N) is 1. The highest BCUT2D eigenvalue weighted by Gasteiger charge is 2.30. The summed E-state index contributed by atoms with van der Waals surface area (Å²) >= 11 is 0. The molecule has 0 bridgehead atoms. The first kappa shape index (κ1) is 27.1. The molecule has 0 aliphatic rings. The summed E-state index contributed by atoms with van der Waals surface area (Å²) in [5, 5.41) is 9.78. The molecule has 0 radical (unpaired) electrons. The monoisotopic (exact) mass is 453 g/mol. The highest BCUT2D eigenvalue weighted by molar-refractivity contribution is 5.84. The van der Waals surface area contributed by atoms with Gasteiger partial charge in [0.05, 0.1) is 6.42 Å². The smallest absolute Gasteiger partial charge is 0.328 e. The van der Waals surface area contributed by atoms with Gasteiger partial charge in [0.1, 0.15) is 18.2 Å². The van der Waals surface area contributed by atoms with E-state index in [4.69, 9.17) is 4.74 Å². The molecule has 1 atom stereocenters. The number of aryl methyl sites for hydroxylation is 1. The molecule has 0 aliphatic carbocycles. The molecular formula is C22H35N3O7. The first-order valence-corrected chi connectivity index (χ1v) is 10.9. The van der Waals surface area contributed by atoms with E-state index in [1.165, 1.54) is 13.1 Å². The number of amides is 1. The second-order valence-electron chi connectivity index (χ2n) is 8.83. The van der Waals surface area contributed by atoms with Crippen molar-refractivity contribution in [2.75, 3.05) is 6.54 Å². The molecule has 180 valence electrons. The van der Waals surface area contributed by atoms with Crippen LogP contribution in [-0.2, 0) is 25.7 Å². The molecule has 1 aromatic rings. The molecule has 10 heteroatoms. The van der Waals surface area contributed by atoms with Crippen LogP contribution in [0.25, 0.3) is 0 Å². The first-order chi connectivity index (χ1) is 14.9. The van der Waals surface area contributed by atoms with Gasteiger partial charge in [-0.1, -0.05) is 32.6 Å². The van der Waals surface area contributed by atoms with E-state index >= 15 is 0 Å². The molecule has 2 N–H and O–H groups in total. The van der Waals surface area contributed by atoms with Crippen LogP contribution in [-0.4, -0.2) is 55.6 Å². The van der Waals surface area contributed by atoms with Crippen LogP contribution in [0.3, 0.4) is 0 Å². The third kappa shape index (κ3) is 9.07. The average molecular weight is 454 g/mol. The van der Waals surface area contributed by atoms with Gasteiger partial charge in [-0.2, -0.15) is 0 Å². The summed E-state index contributed by atoms with van der Waals surface area (Å²) in [4.78, 5) is 64.1. The van der Waals surface area contributed by atoms with Crippen molar-refractivity contribution >= 4 is 17.8 Å². The van der Waals surface area contributed by atoms with Crippen molar-refractivity contribution in [3.63, 3.8) is 0 Å². The van der Waals surface area contributed by atoms with Gasteiger partial charge in [0.2, 0.25) is 5.91 Å². The van der Waals surface area contributed by atoms with Crippen LogP contribution < -0.4 is 11.2 Å². The minimum atomic E-state index is -1.18. The summed E-state index contributed by atoms with van der Waals surface area (Å²) < 4.78 is 6.29. The minimum Gasteiger partial charge on any atom is -0.480 e. The lowest BCUT2D eigenvalue weighted by Crippen LogP contribution is -2.48. The van der Waals surface area contributed by atoms with Gasteiger partial charge in [-0.3, -0.25) is 23.9 Å². The topological polar surface area (TPSA) is 139 Å². The number of rotatable bonds is 12. The van der Waals surface area contributed by atoms with Crippen molar-refractivity contribution in [3.8, 4) is 0 Å². The molecule has 1 heterocycles. The quantitative estimate of drug-likeness (QED) is 0.363. The molecule has 10 nitrogen and oxygen atoms in total. The first-order valence-electron chi connectivity index (χ1n) is 10.9. The second-order valence-corrected chi connectivity index (χ2v) is 8.83. The third-order valence-electron chi connectivity index (χ3n) is 4.78. The van der Waals surface area contributed by atoms with E-state index in [0.29, 0.717) is 6.42 Å². The Bertz CT molecular complexity index is 911. The van der Waals surface area contributed by atoms with Crippen LogP contribution in [0.1, 0.15) is 71.8 Å². The van der Waals surface area contributed by atoms with Crippen molar-refractivity contribution in [3.05, 3.63) is 32.6 Å². The van der Waals surface area contributed by atoms with Crippen LogP contribution >= 0.6 is 0 Å². The Labute approximate surface area is 187 Å². The summed E-state index contributed by atoms with van der Waals surface area (Å²) in [5.41, 5.74) is -1.79. The van der Waals surface area contributed by atoms with Gasteiger partial charge < -0.3 is 14.7 Å². The van der Waals surface area contributed by atoms with E-state index in [9.17, 15) is 29.1 Å². The van der Waals surface area contributed by atoms with Crippen molar-refractivity contribution in [1.29, 1.82) is 0 Å². The van der Waals surface area contributed by atoms with Crippen LogP contribution in [0.4, 0.5) is 0 Å². The molecule has 0 unspecified atom stereocenters. The average Bonchev–Trinajstić information content (AvgIpc) is 2.66. The number of unbranched alkanes of at least 4 members (excludes halogenated alkanes) is 3. The number of hydrogen-bond donors (Lipinski definition) is 2. The van der Waals surface area contributed by atoms with E-state index in [-0.39, 0.29) is 24.9 Å². The SMILES string of the molecule is CCCCCC[C@@H](C(=O)O)N(CCC(=O)OC(C)(C)C)C(=O)Cn1cc(C)c(=O)[nH]c1=O. The molecule has 0 aliphatic heterocycles. The number of aliphatic carboxylic acids is 1. The molecule has 0 fully saturated rings. The van der Waals surface area contributed by atoms with E-state index < -0.39 is 47.3 Å². The fourth-order valence-electron chi connectivity index (χ4n) is 3.21. The van der Waals surface area contributed by atoms with Gasteiger partial charge in [-0.05, 0) is 34.1 Å². The summed E-state index contributed by atoms with van der Waals surface area (Å²) in [6, 6.07) is -1.14. The number of esters is 1. The Hall–Kier alpha value is -2.91. The third-order valence-corrected chi connectivity index (χ3v) is 4.78. The Balaban J connectivity index is 3.10. The van der Waals surface area contributed by atoms with Gasteiger partial charge in [0.15, 0.2) is 0 Å². The lowest BCUT2D eigenvalue weighted by molar-refractivity contribution is -0.158. The van der Waals surface area contributed by atoms with Crippen LogP contribution in [0.5, 0.6) is 0 Å². The lowest BCUT2D eigenvalue weighted by atomic mass is 10.1. The fraction of sp³-hybridized carbons (Fsp3) is 0.682. The molecule has 0 saturated heterocycles. The Morgan fingerprint density at radius 3 is 2.41 bits per heavy atom. The summed E-state index contributed by atoms with van der Waals surface area (Å²) in [6.45, 7) is 8.06. The highest BCUT2D eigenvalue weighted by Crippen LogP contribution is 2.15. The van der Waals surface area contributed by atoms with Crippen LogP contribution in [0.15, 0.2) is 15.8 Å². The van der Waals surface area contributed by atoms with E-state index in [1.54, 1.807) is 20.8 Å². The van der Waals surface area contributed by atoms with Crippen molar-refractivity contribution in [2.24, 2.45) is 0 Å². The Morgan fingerprint density at radius 1 is 1.19 bits per heavy atom. The second kappa shape index (κ2) is 12.2. The number of hydrogen-bond acceptors (Lipinski definition) is 6. The number of carboxylic acids is 1. The molecule has 1 rings (SSSR count). The zero-order valence-corrected chi connectivity index (χ0v) is 19.6. The number of carbonyl (C=O) groups is 3. The molecule has 32 heavy (non-hydrogen) atoms. The molecular weight excluding hydrogens is 418 g/mol. The zero-order valence-electron chi connectivity index (χ0n) is 19.6. The number of aromatic nitrogens is 2. The molecule has 0 aromatic carbocycles. The maximum absolute atomic E-state index is 13.1. The molecule has 0 spiro atoms. The number of carboxylic acid groups (broad SMARTS) is 1. The predicted octanol–water partition coefficient (Wildman–Crippen LogP) is 1.83. The predicted molar refractivity (Wildman–Crippen MR) is 118 cm³/mol. The summed E-state index contributed by atoms with van der Waals surface area (Å²) in [7, 11) is 0. The fourth-order valence-corrected chi connectivity index (χ4v) is 3.21. The maximum Gasteiger partial charge on any atom is 0.328 e. The Kier molecular flexibility index (Phi) is 10.3. The Morgan fingerprint density at radius 2 is 1.84 bits per heavy atom. The minimum absolute atomic E-state index is 0.157. The van der Waals surface area contributed by atoms with Gasteiger partial charge >= 0.3 is 17.6 Å². The summed E-state index contributed by atoms with van der Waals surface area (Å²) in [5.74, 6) is -2.36. The zero-order chi connectivity index (χ0) is 24.5. The van der Waals surface area contributed by atoms with Gasteiger partial charge in [-0.15, -0.1) is 0 Å². The highest BCUT2D eigenvalue weighted by atomic mass is 16.6. The van der Waals surface area contributed by atoms with Crippen LogP contribution in [0.2, 0.25) is 0 Å². The van der Waals surface area contributed by atoms with Crippen molar-refractivity contribution < 1.29 is 24.2 Å². The van der Waals surface area contributed by atoms with Gasteiger partial charge in [0, 0.05) is 18.3 Å². The number of aromatic amines is 1. The number of H-pyrrole nitrogens is 1. The normalized spacial score (nSPS) is 12.3. The number of ether oxygens (including phenoxy) is 1.